The Morgan fingerprint density at radius 1 is 1.12 bits per heavy atom. The third-order valence-electron chi connectivity index (χ3n) is 3.08. The number of hydrogen-bond acceptors (Lipinski definition) is 0. The summed E-state index contributed by atoms with van der Waals surface area (Å²) in [5.74, 6) is 1.44. The van der Waals surface area contributed by atoms with Gasteiger partial charge in [0.2, 0.25) is 0 Å². The molecule has 16 heavy (non-hydrogen) atoms. The highest BCUT2D eigenvalue weighted by molar-refractivity contribution is 6.18. The summed E-state index contributed by atoms with van der Waals surface area (Å²) in [6.07, 6.45) is 6.35. The first-order chi connectivity index (χ1) is 7.76. The lowest BCUT2D eigenvalue weighted by Gasteiger charge is -2.13. The molecule has 0 saturated carbocycles. The van der Waals surface area contributed by atoms with Crippen molar-refractivity contribution in [3.05, 3.63) is 35.4 Å². The molecule has 1 heteroatoms. The van der Waals surface area contributed by atoms with Gasteiger partial charge in [-0.15, -0.1) is 11.6 Å². The van der Waals surface area contributed by atoms with Crippen LogP contribution in [0.1, 0.15) is 43.7 Å². The number of aryl methyl sites for hydroxylation is 1. The van der Waals surface area contributed by atoms with Gasteiger partial charge in [-0.05, 0) is 31.2 Å². The van der Waals surface area contributed by atoms with E-state index in [0.29, 0.717) is 5.92 Å². The second kappa shape index (κ2) is 7.73. The largest absolute Gasteiger partial charge is 0.126 e. The van der Waals surface area contributed by atoms with Crippen molar-refractivity contribution in [1.29, 1.82) is 0 Å². The number of hydrogen-bond donors (Lipinski definition) is 0. The van der Waals surface area contributed by atoms with E-state index < -0.39 is 0 Å². The third kappa shape index (κ3) is 5.03. The average molecular weight is 239 g/mol. The summed E-state index contributed by atoms with van der Waals surface area (Å²) in [5.41, 5.74) is 2.75. The van der Waals surface area contributed by atoms with Crippen LogP contribution in [0.25, 0.3) is 0 Å². The van der Waals surface area contributed by atoms with E-state index in [1.165, 1.54) is 36.8 Å². The van der Waals surface area contributed by atoms with Gasteiger partial charge < -0.3 is 0 Å². The Hall–Kier alpha value is -0.490. The maximum absolute atomic E-state index is 6.03. The smallest absolute Gasteiger partial charge is 0.0254 e. The fourth-order valence-electron chi connectivity index (χ4n) is 1.97. The topological polar surface area (TPSA) is 0 Å². The fourth-order valence-corrected chi connectivity index (χ4v) is 2.24. The van der Waals surface area contributed by atoms with Crippen LogP contribution >= 0.6 is 11.6 Å². The molecule has 0 fully saturated rings. The van der Waals surface area contributed by atoms with E-state index in [1.807, 2.05) is 0 Å². The van der Waals surface area contributed by atoms with Crippen LogP contribution in [-0.2, 0) is 6.42 Å². The number of alkyl halides is 1. The summed E-state index contributed by atoms with van der Waals surface area (Å²) in [4.78, 5) is 0. The Labute approximate surface area is 105 Å². The Bertz CT molecular complexity index is 276. The molecule has 0 bridgehead atoms. The zero-order valence-corrected chi connectivity index (χ0v) is 11.3. The van der Waals surface area contributed by atoms with Gasteiger partial charge in [0.25, 0.3) is 0 Å². The highest BCUT2D eigenvalue weighted by Gasteiger charge is 2.07. The summed E-state index contributed by atoms with van der Waals surface area (Å²) < 4.78 is 0. The SMILES string of the molecule is CCCCCC(CCl)Cc1ccc(C)cc1. The van der Waals surface area contributed by atoms with Gasteiger partial charge in [0.05, 0.1) is 0 Å². The Morgan fingerprint density at radius 2 is 1.81 bits per heavy atom. The van der Waals surface area contributed by atoms with Gasteiger partial charge >= 0.3 is 0 Å². The van der Waals surface area contributed by atoms with Gasteiger partial charge in [-0.2, -0.15) is 0 Å². The van der Waals surface area contributed by atoms with Gasteiger partial charge in [0, 0.05) is 5.88 Å². The molecule has 0 amide bonds. The Kier molecular flexibility index (Phi) is 6.56. The standard InChI is InChI=1S/C15H23Cl/c1-3-4-5-6-15(12-16)11-14-9-7-13(2)8-10-14/h7-10,15H,3-6,11-12H2,1-2H3. The van der Waals surface area contributed by atoms with Crippen LogP contribution in [0.5, 0.6) is 0 Å². The molecule has 1 aromatic rings. The first-order valence-corrected chi connectivity index (χ1v) is 6.91. The quantitative estimate of drug-likeness (QED) is 0.465. The van der Waals surface area contributed by atoms with Crippen molar-refractivity contribution >= 4 is 11.6 Å². The molecule has 0 radical (unpaired) electrons. The molecule has 0 aliphatic carbocycles. The molecule has 1 atom stereocenters. The van der Waals surface area contributed by atoms with E-state index in [-0.39, 0.29) is 0 Å². The number of benzene rings is 1. The monoisotopic (exact) mass is 238 g/mol. The van der Waals surface area contributed by atoms with Crippen molar-refractivity contribution in [3.63, 3.8) is 0 Å². The summed E-state index contributed by atoms with van der Waals surface area (Å²) in [5, 5.41) is 0. The van der Waals surface area contributed by atoms with Crippen LogP contribution in [-0.4, -0.2) is 5.88 Å². The first-order valence-electron chi connectivity index (χ1n) is 6.37. The second-order valence-corrected chi connectivity index (χ2v) is 5.01. The van der Waals surface area contributed by atoms with Crippen molar-refractivity contribution in [1.82, 2.24) is 0 Å². The molecule has 1 unspecified atom stereocenters. The summed E-state index contributed by atoms with van der Waals surface area (Å²) in [6.45, 7) is 4.37. The Morgan fingerprint density at radius 3 is 2.38 bits per heavy atom. The van der Waals surface area contributed by atoms with Crippen molar-refractivity contribution < 1.29 is 0 Å². The van der Waals surface area contributed by atoms with Gasteiger partial charge in [0.15, 0.2) is 0 Å². The molecule has 90 valence electrons. The molecule has 0 aliphatic rings. The molecule has 0 heterocycles. The van der Waals surface area contributed by atoms with Crippen molar-refractivity contribution in [2.45, 2.75) is 46.0 Å². The lowest BCUT2D eigenvalue weighted by atomic mass is 9.95. The molecule has 0 aliphatic heterocycles. The molecule has 0 nitrogen and oxygen atoms in total. The molecule has 0 saturated heterocycles. The van der Waals surface area contributed by atoms with Gasteiger partial charge in [-0.3, -0.25) is 0 Å². The van der Waals surface area contributed by atoms with E-state index in [2.05, 4.69) is 38.1 Å². The number of halogens is 1. The first kappa shape index (κ1) is 13.6. The van der Waals surface area contributed by atoms with E-state index in [9.17, 15) is 0 Å². The maximum atomic E-state index is 6.03. The zero-order chi connectivity index (χ0) is 11.8. The van der Waals surface area contributed by atoms with E-state index in [0.717, 1.165) is 12.3 Å². The maximum Gasteiger partial charge on any atom is 0.0254 e. The highest BCUT2D eigenvalue weighted by atomic mass is 35.5. The highest BCUT2D eigenvalue weighted by Crippen LogP contribution is 2.17. The summed E-state index contributed by atoms with van der Waals surface area (Å²) in [6, 6.07) is 8.84. The van der Waals surface area contributed by atoms with Crippen LogP contribution < -0.4 is 0 Å². The van der Waals surface area contributed by atoms with Gasteiger partial charge in [-0.1, -0.05) is 56.0 Å². The van der Waals surface area contributed by atoms with E-state index >= 15 is 0 Å². The third-order valence-corrected chi connectivity index (χ3v) is 3.52. The molecule has 1 rings (SSSR count). The minimum atomic E-state index is 0.649. The van der Waals surface area contributed by atoms with Crippen LogP contribution in [0, 0.1) is 12.8 Å². The average Bonchev–Trinajstić information content (AvgIpc) is 2.31. The van der Waals surface area contributed by atoms with Gasteiger partial charge in [-0.25, -0.2) is 0 Å². The number of rotatable bonds is 7. The fraction of sp³-hybridized carbons (Fsp3) is 0.600. The molecule has 0 spiro atoms. The summed E-state index contributed by atoms with van der Waals surface area (Å²) in [7, 11) is 0. The van der Waals surface area contributed by atoms with E-state index in [1.54, 1.807) is 0 Å². The van der Waals surface area contributed by atoms with E-state index in [4.69, 9.17) is 11.6 Å². The predicted octanol–water partition coefficient (Wildman–Crippen LogP) is 4.97. The molecular weight excluding hydrogens is 216 g/mol. The predicted molar refractivity (Wildman–Crippen MR) is 73.2 cm³/mol. The minimum absolute atomic E-state index is 0.649. The van der Waals surface area contributed by atoms with Gasteiger partial charge in [0.1, 0.15) is 0 Å². The lowest BCUT2D eigenvalue weighted by Crippen LogP contribution is -2.06. The second-order valence-electron chi connectivity index (χ2n) is 4.71. The van der Waals surface area contributed by atoms with Crippen LogP contribution in [0.2, 0.25) is 0 Å². The van der Waals surface area contributed by atoms with Crippen LogP contribution in [0.3, 0.4) is 0 Å². The van der Waals surface area contributed by atoms with Crippen molar-refractivity contribution in [2.75, 3.05) is 5.88 Å². The molecule has 1 aromatic carbocycles. The molecular formula is C15H23Cl. The lowest BCUT2D eigenvalue weighted by molar-refractivity contribution is 0.498. The normalized spacial score (nSPS) is 12.7. The number of unbranched alkanes of at least 4 members (excludes halogenated alkanes) is 2. The zero-order valence-electron chi connectivity index (χ0n) is 10.5. The van der Waals surface area contributed by atoms with Crippen molar-refractivity contribution in [3.8, 4) is 0 Å². The molecule has 0 N–H and O–H groups in total. The van der Waals surface area contributed by atoms with Crippen LogP contribution in [0.4, 0.5) is 0 Å². The Balaban J connectivity index is 2.40. The summed E-state index contributed by atoms with van der Waals surface area (Å²) >= 11 is 6.03. The van der Waals surface area contributed by atoms with Crippen LogP contribution in [0.15, 0.2) is 24.3 Å². The minimum Gasteiger partial charge on any atom is -0.126 e. The van der Waals surface area contributed by atoms with Crippen molar-refractivity contribution in [2.24, 2.45) is 5.92 Å². The molecule has 0 aromatic heterocycles.